The third kappa shape index (κ3) is 5.60. The Labute approximate surface area is 81.1 Å². The molecule has 4 heteroatoms. The van der Waals surface area contributed by atoms with Gasteiger partial charge < -0.3 is 9.67 Å². The summed E-state index contributed by atoms with van der Waals surface area (Å²) in [4.78, 5) is 10.2. The first-order valence-electron chi connectivity index (χ1n) is 4.52. The number of likely N-dealkylation sites (N-methyl/N-ethyl adjacent to an activating group) is 1. The van der Waals surface area contributed by atoms with Crippen molar-refractivity contribution in [3.63, 3.8) is 0 Å². The van der Waals surface area contributed by atoms with E-state index in [-0.39, 0.29) is 0 Å². The summed E-state index contributed by atoms with van der Waals surface area (Å²) in [6.07, 6.45) is 2.92. The Morgan fingerprint density at radius 3 is 2.31 bits per heavy atom. The van der Waals surface area contributed by atoms with Crippen LogP contribution in [-0.4, -0.2) is 37.0 Å². The van der Waals surface area contributed by atoms with Crippen molar-refractivity contribution in [3.8, 4) is 0 Å². The normalized spacial score (nSPS) is 12.7. The second kappa shape index (κ2) is 5.19. The molecule has 0 aromatic heterocycles. The maximum atomic E-state index is 10.2. The molecule has 13 heavy (non-hydrogen) atoms. The summed E-state index contributed by atoms with van der Waals surface area (Å²) < 4.78 is 2.34. The molecular formula is C9H19NO2Si. The zero-order chi connectivity index (χ0) is 10.5. The third-order valence-electron chi connectivity index (χ3n) is 1.92. The van der Waals surface area contributed by atoms with Crippen molar-refractivity contribution >= 4 is 14.2 Å². The van der Waals surface area contributed by atoms with Gasteiger partial charge in [-0.25, -0.2) is 4.79 Å². The standard InChI is InChI=1S/C9H19NO2Si/c1-5-10(13(2,3)4)8-6-7-9(11)12/h6-7H,5,8H2,1-4H3,(H,11,12)/b7-6+. The molecule has 0 aliphatic rings. The van der Waals surface area contributed by atoms with Gasteiger partial charge in [-0.1, -0.05) is 32.6 Å². The zero-order valence-corrected chi connectivity index (χ0v) is 9.87. The van der Waals surface area contributed by atoms with Crippen molar-refractivity contribution in [1.29, 1.82) is 0 Å². The number of rotatable bonds is 5. The average Bonchev–Trinajstić information content (AvgIpc) is 1.95. The zero-order valence-electron chi connectivity index (χ0n) is 8.87. The number of hydrogen-bond acceptors (Lipinski definition) is 2. The Morgan fingerprint density at radius 1 is 1.46 bits per heavy atom. The predicted octanol–water partition coefficient (Wildman–Crippen LogP) is 1.78. The van der Waals surface area contributed by atoms with Crippen LogP contribution >= 0.6 is 0 Å². The van der Waals surface area contributed by atoms with Crippen LogP contribution in [0.2, 0.25) is 19.6 Å². The lowest BCUT2D eigenvalue weighted by atomic mass is 10.5. The maximum Gasteiger partial charge on any atom is 0.328 e. The first kappa shape index (κ1) is 12.4. The quantitative estimate of drug-likeness (QED) is 0.544. The lowest BCUT2D eigenvalue weighted by Crippen LogP contribution is -2.45. The van der Waals surface area contributed by atoms with Gasteiger partial charge in [-0.15, -0.1) is 0 Å². The lowest BCUT2D eigenvalue weighted by Gasteiger charge is -2.31. The number of carboxylic acids is 1. The summed E-state index contributed by atoms with van der Waals surface area (Å²) in [7, 11) is -1.27. The number of carbonyl (C=O) groups is 1. The number of aliphatic carboxylic acids is 1. The predicted molar refractivity (Wildman–Crippen MR) is 57.4 cm³/mol. The number of nitrogens with zero attached hydrogens (tertiary/aromatic N) is 1. The fourth-order valence-corrected chi connectivity index (χ4v) is 2.76. The second-order valence-corrected chi connectivity index (χ2v) is 8.92. The fraction of sp³-hybridized carbons (Fsp3) is 0.667. The van der Waals surface area contributed by atoms with Crippen LogP contribution in [0.3, 0.4) is 0 Å². The minimum Gasteiger partial charge on any atom is -0.478 e. The molecule has 3 nitrogen and oxygen atoms in total. The van der Waals surface area contributed by atoms with Crippen LogP contribution in [-0.2, 0) is 4.79 Å². The van der Waals surface area contributed by atoms with Crippen LogP contribution in [0.1, 0.15) is 6.92 Å². The van der Waals surface area contributed by atoms with Crippen LogP contribution in [0, 0.1) is 0 Å². The first-order chi connectivity index (χ1) is 5.88. The molecule has 0 aromatic carbocycles. The Kier molecular flexibility index (Phi) is 4.94. The summed E-state index contributed by atoms with van der Waals surface area (Å²) in [5.41, 5.74) is 0. The summed E-state index contributed by atoms with van der Waals surface area (Å²) in [6.45, 7) is 10.6. The molecule has 0 aromatic rings. The van der Waals surface area contributed by atoms with E-state index in [0.29, 0.717) is 0 Å². The summed E-state index contributed by atoms with van der Waals surface area (Å²) >= 11 is 0. The van der Waals surface area contributed by atoms with Crippen LogP contribution in [0.15, 0.2) is 12.2 Å². The minimum absolute atomic E-state index is 0.749. The van der Waals surface area contributed by atoms with Crippen molar-refractivity contribution in [3.05, 3.63) is 12.2 Å². The SMILES string of the molecule is CCN(C/C=C/C(=O)O)[Si](C)(C)C. The van der Waals surface area contributed by atoms with E-state index in [2.05, 4.69) is 31.1 Å². The minimum atomic E-state index is -1.27. The fourth-order valence-electron chi connectivity index (χ4n) is 1.16. The Bertz CT molecular complexity index is 196. The highest BCUT2D eigenvalue weighted by molar-refractivity contribution is 6.73. The molecule has 0 saturated carbocycles. The molecule has 0 rings (SSSR count). The summed E-state index contributed by atoms with van der Waals surface area (Å²) in [5, 5.41) is 8.41. The third-order valence-corrected chi connectivity index (χ3v) is 4.31. The van der Waals surface area contributed by atoms with E-state index in [1.807, 2.05) is 0 Å². The largest absolute Gasteiger partial charge is 0.478 e. The van der Waals surface area contributed by atoms with Crippen molar-refractivity contribution < 1.29 is 9.90 Å². The van der Waals surface area contributed by atoms with E-state index in [4.69, 9.17) is 5.11 Å². The van der Waals surface area contributed by atoms with E-state index >= 15 is 0 Å². The van der Waals surface area contributed by atoms with E-state index < -0.39 is 14.2 Å². The van der Waals surface area contributed by atoms with E-state index in [1.54, 1.807) is 6.08 Å². The van der Waals surface area contributed by atoms with Crippen LogP contribution < -0.4 is 0 Å². The number of hydrogen-bond donors (Lipinski definition) is 1. The van der Waals surface area contributed by atoms with Gasteiger partial charge in [0.25, 0.3) is 0 Å². The molecule has 1 N–H and O–H groups in total. The second-order valence-electron chi connectivity index (χ2n) is 3.95. The summed E-state index contributed by atoms with van der Waals surface area (Å²) in [5.74, 6) is -0.869. The smallest absolute Gasteiger partial charge is 0.328 e. The topological polar surface area (TPSA) is 40.5 Å². The Balaban J connectivity index is 4.08. The molecule has 0 saturated heterocycles. The van der Waals surface area contributed by atoms with E-state index in [1.165, 1.54) is 6.08 Å². The molecule has 0 aliphatic carbocycles. The van der Waals surface area contributed by atoms with Crippen molar-refractivity contribution in [2.45, 2.75) is 26.6 Å². The monoisotopic (exact) mass is 201 g/mol. The Morgan fingerprint density at radius 2 is 2.00 bits per heavy atom. The van der Waals surface area contributed by atoms with Gasteiger partial charge in [0.05, 0.1) is 0 Å². The highest BCUT2D eigenvalue weighted by atomic mass is 28.3. The molecule has 0 amide bonds. The number of carboxylic acid groups (broad SMARTS) is 1. The van der Waals surface area contributed by atoms with Gasteiger partial charge in [0.1, 0.15) is 8.24 Å². The maximum absolute atomic E-state index is 10.2. The average molecular weight is 201 g/mol. The first-order valence-corrected chi connectivity index (χ1v) is 7.97. The molecular weight excluding hydrogens is 182 g/mol. The van der Waals surface area contributed by atoms with E-state index in [9.17, 15) is 4.79 Å². The molecule has 76 valence electrons. The molecule has 0 unspecified atom stereocenters. The molecule has 0 atom stereocenters. The van der Waals surface area contributed by atoms with Crippen molar-refractivity contribution in [1.82, 2.24) is 4.57 Å². The van der Waals surface area contributed by atoms with Gasteiger partial charge in [-0.2, -0.15) is 0 Å². The highest BCUT2D eigenvalue weighted by Gasteiger charge is 2.20. The van der Waals surface area contributed by atoms with Crippen molar-refractivity contribution in [2.24, 2.45) is 0 Å². The highest BCUT2D eigenvalue weighted by Crippen LogP contribution is 2.07. The Hall–Kier alpha value is -0.613. The van der Waals surface area contributed by atoms with Gasteiger partial charge in [0, 0.05) is 12.6 Å². The molecule has 0 spiro atoms. The molecule has 0 bridgehead atoms. The van der Waals surface area contributed by atoms with Crippen molar-refractivity contribution in [2.75, 3.05) is 13.1 Å². The van der Waals surface area contributed by atoms with E-state index in [0.717, 1.165) is 13.1 Å². The lowest BCUT2D eigenvalue weighted by molar-refractivity contribution is -0.131. The molecule has 0 radical (unpaired) electrons. The van der Waals surface area contributed by atoms with Gasteiger partial charge >= 0.3 is 5.97 Å². The molecule has 0 fully saturated rings. The van der Waals surface area contributed by atoms with Gasteiger partial charge in [0.15, 0.2) is 0 Å². The van der Waals surface area contributed by atoms with Gasteiger partial charge in [-0.05, 0) is 6.54 Å². The van der Waals surface area contributed by atoms with Crippen LogP contribution in [0.5, 0.6) is 0 Å². The van der Waals surface area contributed by atoms with Crippen LogP contribution in [0.4, 0.5) is 0 Å². The van der Waals surface area contributed by atoms with Crippen LogP contribution in [0.25, 0.3) is 0 Å². The van der Waals surface area contributed by atoms with Gasteiger partial charge in [0.2, 0.25) is 0 Å². The summed E-state index contributed by atoms with van der Waals surface area (Å²) in [6, 6.07) is 0. The van der Waals surface area contributed by atoms with Gasteiger partial charge in [-0.3, -0.25) is 0 Å². The molecule has 0 aliphatic heterocycles. The molecule has 0 heterocycles.